The largest absolute Gasteiger partial charge is 0.487 e. The number of nitrogens with zero attached hydrogens (tertiary/aromatic N) is 1. The fraction of sp³-hybridized carbons (Fsp3) is 0.125. The molecule has 0 aliphatic carbocycles. The van der Waals surface area contributed by atoms with Crippen molar-refractivity contribution < 1.29 is 19.1 Å². The summed E-state index contributed by atoms with van der Waals surface area (Å²) in [6.45, 7) is 2.32. The van der Waals surface area contributed by atoms with E-state index >= 15 is 0 Å². The minimum Gasteiger partial charge on any atom is -0.487 e. The van der Waals surface area contributed by atoms with Gasteiger partial charge in [-0.05, 0) is 48.4 Å². The number of amides is 3. The number of anilines is 1. The van der Waals surface area contributed by atoms with Gasteiger partial charge in [0.05, 0.1) is 16.8 Å². The van der Waals surface area contributed by atoms with E-state index in [1.807, 2.05) is 49.4 Å². The van der Waals surface area contributed by atoms with Gasteiger partial charge >= 0.3 is 0 Å². The molecule has 0 radical (unpaired) electrons. The monoisotopic (exact) mass is 400 g/mol. The second-order valence-electron chi connectivity index (χ2n) is 7.16. The van der Waals surface area contributed by atoms with Crippen LogP contribution in [0.1, 0.15) is 42.2 Å². The molecule has 0 fully saturated rings. The van der Waals surface area contributed by atoms with Crippen LogP contribution in [0.25, 0.3) is 0 Å². The third-order valence-corrected chi connectivity index (χ3v) is 4.97. The molecular formula is C24H20N2O4. The number of aryl methyl sites for hydroxylation is 1. The normalized spacial score (nSPS) is 12.7. The number of ether oxygens (including phenoxy) is 1. The van der Waals surface area contributed by atoms with Gasteiger partial charge < -0.3 is 10.1 Å². The Balaban J connectivity index is 1.55. The highest BCUT2D eigenvalue weighted by atomic mass is 16.5. The summed E-state index contributed by atoms with van der Waals surface area (Å²) in [4.78, 5) is 38.1. The van der Waals surface area contributed by atoms with Gasteiger partial charge in [-0.2, -0.15) is 0 Å². The van der Waals surface area contributed by atoms with Crippen LogP contribution in [0.2, 0.25) is 0 Å². The van der Waals surface area contributed by atoms with Crippen LogP contribution >= 0.6 is 0 Å². The molecule has 0 bridgehead atoms. The summed E-state index contributed by atoms with van der Waals surface area (Å²) < 4.78 is 5.94. The molecule has 0 unspecified atom stereocenters. The number of imide groups is 1. The molecule has 1 heterocycles. The van der Waals surface area contributed by atoms with Crippen molar-refractivity contribution in [3.63, 3.8) is 0 Å². The summed E-state index contributed by atoms with van der Waals surface area (Å²) >= 11 is 0. The maximum atomic E-state index is 12.8. The molecule has 150 valence electrons. The first-order chi connectivity index (χ1) is 14.4. The Morgan fingerprint density at radius 3 is 2.43 bits per heavy atom. The van der Waals surface area contributed by atoms with E-state index in [4.69, 9.17) is 4.74 Å². The van der Waals surface area contributed by atoms with Gasteiger partial charge in [0.25, 0.3) is 17.7 Å². The highest BCUT2D eigenvalue weighted by molar-refractivity contribution is 6.22. The minimum atomic E-state index is -0.410. The SMILES string of the molecule is Cc1ccc(NC(=O)c2ccc3c(c2)C(=O)N(C)C3=O)c(OCc2ccccc2)c1. The Kier molecular flexibility index (Phi) is 5.06. The first-order valence-electron chi connectivity index (χ1n) is 9.49. The predicted molar refractivity (Wildman–Crippen MR) is 113 cm³/mol. The predicted octanol–water partition coefficient (Wildman–Crippen LogP) is 4.05. The molecule has 3 aromatic carbocycles. The van der Waals surface area contributed by atoms with Crippen molar-refractivity contribution in [3.8, 4) is 5.75 Å². The Bertz CT molecular complexity index is 1160. The first kappa shape index (κ1) is 19.4. The molecule has 0 aromatic heterocycles. The number of hydrogen-bond donors (Lipinski definition) is 1. The molecule has 0 saturated carbocycles. The van der Waals surface area contributed by atoms with Crippen LogP contribution in [-0.4, -0.2) is 29.7 Å². The number of benzene rings is 3. The van der Waals surface area contributed by atoms with Gasteiger partial charge in [0.15, 0.2) is 0 Å². The van der Waals surface area contributed by atoms with Gasteiger partial charge in [-0.1, -0.05) is 36.4 Å². The molecule has 4 rings (SSSR count). The molecule has 0 saturated heterocycles. The smallest absolute Gasteiger partial charge is 0.261 e. The van der Waals surface area contributed by atoms with E-state index in [0.717, 1.165) is 16.0 Å². The lowest BCUT2D eigenvalue weighted by atomic mass is 10.1. The maximum Gasteiger partial charge on any atom is 0.261 e. The lowest BCUT2D eigenvalue weighted by Gasteiger charge is -2.14. The lowest BCUT2D eigenvalue weighted by Crippen LogP contribution is -2.24. The molecule has 1 N–H and O–H groups in total. The fourth-order valence-electron chi connectivity index (χ4n) is 3.28. The summed E-state index contributed by atoms with van der Waals surface area (Å²) in [7, 11) is 1.42. The zero-order valence-corrected chi connectivity index (χ0v) is 16.6. The molecular weight excluding hydrogens is 380 g/mol. The molecule has 3 aromatic rings. The van der Waals surface area contributed by atoms with E-state index in [1.54, 1.807) is 6.07 Å². The van der Waals surface area contributed by atoms with Crippen molar-refractivity contribution in [1.82, 2.24) is 4.90 Å². The quantitative estimate of drug-likeness (QED) is 0.656. The van der Waals surface area contributed by atoms with Crippen LogP contribution in [0.3, 0.4) is 0 Å². The van der Waals surface area contributed by atoms with E-state index in [2.05, 4.69) is 5.32 Å². The lowest BCUT2D eigenvalue weighted by molar-refractivity contribution is 0.0693. The van der Waals surface area contributed by atoms with E-state index in [0.29, 0.717) is 29.2 Å². The number of hydrogen-bond acceptors (Lipinski definition) is 4. The van der Waals surface area contributed by atoms with Gasteiger partial charge in [-0.15, -0.1) is 0 Å². The van der Waals surface area contributed by atoms with Crippen LogP contribution in [0.5, 0.6) is 5.75 Å². The Hall–Kier alpha value is -3.93. The number of carbonyl (C=O) groups excluding carboxylic acids is 3. The van der Waals surface area contributed by atoms with E-state index < -0.39 is 5.91 Å². The zero-order valence-electron chi connectivity index (χ0n) is 16.6. The summed E-state index contributed by atoms with van der Waals surface area (Å²) in [6, 6.07) is 19.8. The molecule has 30 heavy (non-hydrogen) atoms. The first-order valence-corrected chi connectivity index (χ1v) is 9.49. The number of rotatable bonds is 5. The second kappa shape index (κ2) is 7.83. The number of carbonyl (C=O) groups is 3. The summed E-state index contributed by atoms with van der Waals surface area (Å²) in [5, 5.41) is 2.84. The summed E-state index contributed by atoms with van der Waals surface area (Å²) in [6.07, 6.45) is 0. The molecule has 0 spiro atoms. The Morgan fingerprint density at radius 2 is 1.67 bits per heavy atom. The van der Waals surface area contributed by atoms with Crippen molar-refractivity contribution in [2.24, 2.45) is 0 Å². The van der Waals surface area contributed by atoms with Crippen molar-refractivity contribution in [3.05, 3.63) is 94.5 Å². The van der Waals surface area contributed by atoms with Gasteiger partial charge in [0.2, 0.25) is 0 Å². The molecule has 3 amide bonds. The van der Waals surface area contributed by atoms with E-state index in [-0.39, 0.29) is 17.4 Å². The van der Waals surface area contributed by atoms with Crippen LogP contribution in [-0.2, 0) is 6.61 Å². The van der Waals surface area contributed by atoms with Crippen LogP contribution < -0.4 is 10.1 Å². The standard InChI is InChI=1S/C24H20N2O4/c1-15-8-11-20(21(12-15)30-14-16-6-4-3-5-7-16)25-22(27)17-9-10-18-19(13-17)24(29)26(2)23(18)28/h3-13H,14H2,1-2H3,(H,25,27). The highest BCUT2D eigenvalue weighted by Gasteiger charge is 2.33. The Morgan fingerprint density at radius 1 is 0.933 bits per heavy atom. The minimum absolute atomic E-state index is 0.236. The molecule has 1 aliphatic rings. The molecule has 6 nitrogen and oxygen atoms in total. The van der Waals surface area contributed by atoms with Crippen LogP contribution in [0.4, 0.5) is 5.69 Å². The fourth-order valence-corrected chi connectivity index (χ4v) is 3.28. The van der Waals surface area contributed by atoms with Gasteiger partial charge in [0, 0.05) is 12.6 Å². The van der Waals surface area contributed by atoms with E-state index in [1.165, 1.54) is 25.2 Å². The van der Waals surface area contributed by atoms with Gasteiger partial charge in [-0.25, -0.2) is 0 Å². The van der Waals surface area contributed by atoms with Crippen LogP contribution in [0.15, 0.2) is 66.7 Å². The second-order valence-corrected chi connectivity index (χ2v) is 7.16. The van der Waals surface area contributed by atoms with Gasteiger partial charge in [-0.3, -0.25) is 19.3 Å². The van der Waals surface area contributed by atoms with Crippen molar-refractivity contribution in [2.45, 2.75) is 13.5 Å². The van der Waals surface area contributed by atoms with Crippen molar-refractivity contribution in [1.29, 1.82) is 0 Å². The average molecular weight is 400 g/mol. The average Bonchev–Trinajstić information content (AvgIpc) is 2.98. The van der Waals surface area contributed by atoms with Crippen LogP contribution in [0, 0.1) is 6.92 Å². The van der Waals surface area contributed by atoms with Crippen molar-refractivity contribution >= 4 is 23.4 Å². The number of nitrogens with one attached hydrogen (secondary N) is 1. The topological polar surface area (TPSA) is 75.7 Å². The Labute approximate surface area is 174 Å². The summed E-state index contributed by atoms with van der Waals surface area (Å²) in [5.74, 6) is -0.607. The molecule has 1 aliphatic heterocycles. The number of fused-ring (bicyclic) bond motifs is 1. The summed E-state index contributed by atoms with van der Waals surface area (Å²) in [5.41, 5.74) is 3.38. The zero-order chi connectivity index (χ0) is 21.3. The van der Waals surface area contributed by atoms with Crippen molar-refractivity contribution in [2.75, 3.05) is 12.4 Å². The third-order valence-electron chi connectivity index (χ3n) is 4.97. The highest BCUT2D eigenvalue weighted by Crippen LogP contribution is 2.28. The molecule has 0 atom stereocenters. The third kappa shape index (κ3) is 3.67. The molecule has 6 heteroatoms. The van der Waals surface area contributed by atoms with E-state index in [9.17, 15) is 14.4 Å². The maximum absolute atomic E-state index is 12.8. The van der Waals surface area contributed by atoms with Gasteiger partial charge in [0.1, 0.15) is 12.4 Å².